The Labute approximate surface area is 103 Å². The minimum absolute atomic E-state index is 0.0648. The van der Waals surface area contributed by atoms with Crippen molar-refractivity contribution in [1.29, 1.82) is 0 Å². The number of carbonyl (C=O) groups excluding carboxylic acids is 1. The smallest absolute Gasteiger partial charge is 0.329 e. The van der Waals surface area contributed by atoms with Crippen LogP contribution in [0.25, 0.3) is 0 Å². The minimum atomic E-state index is -1.22. The van der Waals surface area contributed by atoms with Crippen molar-refractivity contribution in [3.05, 3.63) is 34.2 Å². The van der Waals surface area contributed by atoms with E-state index in [1.165, 1.54) is 18.5 Å². The Morgan fingerprint density at radius 3 is 2.56 bits per heavy atom. The standard InChI is InChI=1S/C12H14N2O4/c15-9-3-6-13-7-8(9)10(16)14-12(11(17)18)4-1-2-5-12/h3,6-7H,1-2,4-5H2,(H,13,15)(H,14,16)(H,17,18). The third kappa shape index (κ3) is 2.13. The lowest BCUT2D eigenvalue weighted by Crippen LogP contribution is -2.53. The van der Waals surface area contributed by atoms with Gasteiger partial charge in [0, 0.05) is 18.5 Å². The fourth-order valence-corrected chi connectivity index (χ4v) is 2.25. The number of hydrogen-bond donors (Lipinski definition) is 3. The van der Waals surface area contributed by atoms with Crippen LogP contribution in [-0.2, 0) is 4.79 Å². The lowest BCUT2D eigenvalue weighted by Gasteiger charge is -2.25. The number of H-pyrrole nitrogens is 1. The molecule has 1 fully saturated rings. The van der Waals surface area contributed by atoms with Crippen LogP contribution in [0.5, 0.6) is 0 Å². The van der Waals surface area contributed by atoms with Crippen molar-refractivity contribution in [2.45, 2.75) is 31.2 Å². The van der Waals surface area contributed by atoms with Gasteiger partial charge in [-0.15, -0.1) is 0 Å². The van der Waals surface area contributed by atoms with Gasteiger partial charge < -0.3 is 15.4 Å². The molecule has 0 aromatic carbocycles. The van der Waals surface area contributed by atoms with Crippen molar-refractivity contribution < 1.29 is 14.7 Å². The van der Waals surface area contributed by atoms with E-state index in [0.717, 1.165) is 12.8 Å². The lowest BCUT2D eigenvalue weighted by atomic mass is 9.97. The molecule has 0 atom stereocenters. The summed E-state index contributed by atoms with van der Waals surface area (Å²) >= 11 is 0. The van der Waals surface area contributed by atoms with Crippen molar-refractivity contribution >= 4 is 11.9 Å². The summed E-state index contributed by atoms with van der Waals surface area (Å²) in [5, 5.41) is 11.7. The summed E-state index contributed by atoms with van der Waals surface area (Å²) in [7, 11) is 0. The Morgan fingerprint density at radius 1 is 1.33 bits per heavy atom. The van der Waals surface area contributed by atoms with Crippen molar-refractivity contribution in [2.75, 3.05) is 0 Å². The molecule has 1 amide bonds. The Morgan fingerprint density at radius 2 is 2.00 bits per heavy atom. The molecule has 1 saturated carbocycles. The Balaban J connectivity index is 2.23. The number of aliphatic carboxylic acids is 1. The predicted molar refractivity (Wildman–Crippen MR) is 63.4 cm³/mol. The SMILES string of the molecule is O=C(NC1(C(=O)O)CCCC1)c1c[nH]ccc1=O. The number of hydrogen-bond acceptors (Lipinski definition) is 3. The first-order valence-electron chi connectivity index (χ1n) is 5.78. The van der Waals surface area contributed by atoms with Gasteiger partial charge in [0.2, 0.25) is 0 Å². The molecule has 3 N–H and O–H groups in total. The van der Waals surface area contributed by atoms with Gasteiger partial charge in [-0.2, -0.15) is 0 Å². The molecule has 6 heteroatoms. The average Bonchev–Trinajstić information content (AvgIpc) is 2.79. The number of carboxylic acids is 1. The Bertz CT molecular complexity index is 529. The highest BCUT2D eigenvalue weighted by Crippen LogP contribution is 2.30. The number of nitrogens with one attached hydrogen (secondary N) is 2. The van der Waals surface area contributed by atoms with Gasteiger partial charge in [0.15, 0.2) is 5.43 Å². The molecule has 0 aliphatic heterocycles. The summed E-state index contributed by atoms with van der Waals surface area (Å²) in [4.78, 5) is 37.3. The monoisotopic (exact) mass is 250 g/mol. The van der Waals surface area contributed by atoms with Crippen LogP contribution in [-0.4, -0.2) is 27.5 Å². The van der Waals surface area contributed by atoms with Crippen molar-refractivity contribution in [3.8, 4) is 0 Å². The van der Waals surface area contributed by atoms with Gasteiger partial charge in [-0.25, -0.2) is 4.79 Å². The number of rotatable bonds is 3. The third-order valence-electron chi connectivity index (χ3n) is 3.29. The summed E-state index contributed by atoms with van der Waals surface area (Å²) in [5.41, 5.74) is -1.71. The largest absolute Gasteiger partial charge is 0.480 e. The van der Waals surface area contributed by atoms with E-state index in [-0.39, 0.29) is 5.56 Å². The number of aromatic nitrogens is 1. The first kappa shape index (κ1) is 12.3. The van der Waals surface area contributed by atoms with Crippen LogP contribution < -0.4 is 10.7 Å². The first-order chi connectivity index (χ1) is 8.55. The zero-order valence-corrected chi connectivity index (χ0v) is 9.73. The molecule has 0 spiro atoms. The van der Waals surface area contributed by atoms with E-state index in [9.17, 15) is 19.5 Å². The van der Waals surface area contributed by atoms with Crippen molar-refractivity contribution in [3.63, 3.8) is 0 Å². The van der Waals surface area contributed by atoms with Gasteiger partial charge in [0.25, 0.3) is 5.91 Å². The third-order valence-corrected chi connectivity index (χ3v) is 3.29. The summed E-state index contributed by atoms with van der Waals surface area (Å²) in [6.07, 6.45) is 5.02. The van der Waals surface area contributed by atoms with E-state index in [0.29, 0.717) is 12.8 Å². The van der Waals surface area contributed by atoms with Crippen molar-refractivity contribution in [1.82, 2.24) is 10.3 Å². The molecule has 2 rings (SSSR count). The van der Waals surface area contributed by atoms with Gasteiger partial charge in [-0.3, -0.25) is 9.59 Å². The van der Waals surface area contributed by atoms with E-state index in [1.54, 1.807) is 0 Å². The van der Waals surface area contributed by atoms with Crippen LogP contribution in [0.3, 0.4) is 0 Å². The fraction of sp³-hybridized carbons (Fsp3) is 0.417. The number of amides is 1. The average molecular weight is 250 g/mol. The maximum absolute atomic E-state index is 11.9. The molecular weight excluding hydrogens is 236 g/mol. The highest BCUT2D eigenvalue weighted by Gasteiger charge is 2.42. The normalized spacial score (nSPS) is 17.3. The van der Waals surface area contributed by atoms with E-state index in [1.807, 2.05) is 0 Å². The summed E-state index contributed by atoms with van der Waals surface area (Å²) in [6, 6.07) is 1.23. The molecule has 0 radical (unpaired) electrons. The second-order valence-corrected chi connectivity index (χ2v) is 4.47. The van der Waals surface area contributed by atoms with Gasteiger partial charge in [0.1, 0.15) is 11.1 Å². The number of pyridine rings is 1. The quantitative estimate of drug-likeness (QED) is 0.727. The van der Waals surface area contributed by atoms with Crippen LogP contribution in [0, 0.1) is 0 Å². The maximum Gasteiger partial charge on any atom is 0.329 e. The highest BCUT2D eigenvalue weighted by atomic mass is 16.4. The second kappa shape index (κ2) is 4.64. The van der Waals surface area contributed by atoms with Crippen LogP contribution in [0.15, 0.2) is 23.3 Å². The topological polar surface area (TPSA) is 99.3 Å². The van der Waals surface area contributed by atoms with E-state index in [2.05, 4.69) is 10.3 Å². The van der Waals surface area contributed by atoms with Gasteiger partial charge in [-0.1, -0.05) is 12.8 Å². The molecular formula is C12H14N2O4. The van der Waals surface area contributed by atoms with E-state index in [4.69, 9.17) is 0 Å². The Hall–Kier alpha value is -2.11. The van der Waals surface area contributed by atoms with Crippen LogP contribution in [0.4, 0.5) is 0 Å². The number of carbonyl (C=O) groups is 2. The van der Waals surface area contributed by atoms with E-state index >= 15 is 0 Å². The summed E-state index contributed by atoms with van der Waals surface area (Å²) in [5.74, 6) is -1.68. The molecule has 0 saturated heterocycles. The number of carboxylic acid groups (broad SMARTS) is 1. The summed E-state index contributed by atoms with van der Waals surface area (Å²) in [6.45, 7) is 0. The second-order valence-electron chi connectivity index (χ2n) is 4.47. The van der Waals surface area contributed by atoms with Crippen LogP contribution in [0.1, 0.15) is 36.0 Å². The molecule has 0 unspecified atom stereocenters. The molecule has 1 heterocycles. The van der Waals surface area contributed by atoms with E-state index < -0.39 is 22.8 Å². The van der Waals surface area contributed by atoms with Crippen molar-refractivity contribution in [2.24, 2.45) is 0 Å². The molecule has 0 bridgehead atoms. The first-order valence-corrected chi connectivity index (χ1v) is 5.78. The molecule has 18 heavy (non-hydrogen) atoms. The Kier molecular flexibility index (Phi) is 3.18. The zero-order valence-electron chi connectivity index (χ0n) is 9.73. The molecule has 6 nitrogen and oxygen atoms in total. The van der Waals surface area contributed by atoms with Gasteiger partial charge >= 0.3 is 5.97 Å². The molecule has 1 aromatic heterocycles. The maximum atomic E-state index is 11.9. The van der Waals surface area contributed by atoms with Gasteiger partial charge in [-0.05, 0) is 12.8 Å². The number of aromatic amines is 1. The molecule has 1 aliphatic carbocycles. The van der Waals surface area contributed by atoms with Crippen LogP contribution in [0.2, 0.25) is 0 Å². The predicted octanol–water partition coefficient (Wildman–Crippen LogP) is 0.502. The molecule has 1 aliphatic rings. The fourth-order valence-electron chi connectivity index (χ4n) is 2.25. The van der Waals surface area contributed by atoms with Gasteiger partial charge in [0.05, 0.1) is 0 Å². The highest BCUT2D eigenvalue weighted by molar-refractivity contribution is 5.97. The molecule has 96 valence electrons. The zero-order chi connectivity index (χ0) is 13.2. The van der Waals surface area contributed by atoms with Crippen LogP contribution >= 0.6 is 0 Å². The molecule has 1 aromatic rings. The summed E-state index contributed by atoms with van der Waals surface area (Å²) < 4.78 is 0. The minimum Gasteiger partial charge on any atom is -0.480 e. The lowest BCUT2D eigenvalue weighted by molar-refractivity contribution is -0.144.